The summed E-state index contributed by atoms with van der Waals surface area (Å²) in [7, 11) is 0. The molecule has 1 atom stereocenters. The lowest BCUT2D eigenvalue weighted by molar-refractivity contribution is -0.113. The van der Waals surface area contributed by atoms with Crippen molar-refractivity contribution in [2.24, 2.45) is 5.92 Å². The van der Waals surface area contributed by atoms with Gasteiger partial charge in [0.2, 0.25) is 5.91 Å². The van der Waals surface area contributed by atoms with Gasteiger partial charge in [0.25, 0.3) is 0 Å². The molecule has 1 heterocycles. The van der Waals surface area contributed by atoms with Crippen LogP contribution in [0.25, 0.3) is 0 Å². The van der Waals surface area contributed by atoms with Crippen LogP contribution in [0.15, 0.2) is 18.2 Å². The first-order valence-electron chi connectivity index (χ1n) is 7.30. The second-order valence-electron chi connectivity index (χ2n) is 5.59. The Morgan fingerprint density at radius 1 is 1.45 bits per heavy atom. The fraction of sp³-hybridized carbons (Fsp3) is 0.562. The molecule has 1 aliphatic rings. The molecule has 110 valence electrons. The molecule has 3 nitrogen and oxygen atoms in total. The van der Waals surface area contributed by atoms with E-state index in [0.29, 0.717) is 5.75 Å². The normalized spacial score (nSPS) is 18.8. The zero-order valence-corrected chi connectivity index (χ0v) is 13.2. The van der Waals surface area contributed by atoms with Crippen molar-refractivity contribution >= 4 is 23.4 Å². The van der Waals surface area contributed by atoms with Crippen LogP contribution in [0.4, 0.5) is 5.69 Å². The average Bonchev–Trinajstić information content (AvgIpc) is 2.44. The summed E-state index contributed by atoms with van der Waals surface area (Å²) in [6.07, 6.45) is 2.55. The van der Waals surface area contributed by atoms with Gasteiger partial charge in [-0.15, -0.1) is 0 Å². The number of amides is 1. The van der Waals surface area contributed by atoms with Crippen molar-refractivity contribution in [2.75, 3.05) is 29.9 Å². The predicted molar refractivity (Wildman–Crippen MR) is 87.5 cm³/mol. The molecule has 1 aromatic rings. The summed E-state index contributed by atoms with van der Waals surface area (Å²) in [6.45, 7) is 6.32. The molecule has 1 amide bonds. The van der Waals surface area contributed by atoms with E-state index in [4.69, 9.17) is 0 Å². The van der Waals surface area contributed by atoms with E-state index in [1.165, 1.54) is 18.4 Å². The Hall–Kier alpha value is -1.00. The summed E-state index contributed by atoms with van der Waals surface area (Å²) >= 11 is 1.75. The fourth-order valence-corrected chi connectivity index (χ4v) is 3.43. The van der Waals surface area contributed by atoms with Crippen molar-refractivity contribution in [1.82, 2.24) is 5.32 Å². The van der Waals surface area contributed by atoms with E-state index in [2.05, 4.69) is 16.7 Å². The zero-order chi connectivity index (χ0) is 14.4. The van der Waals surface area contributed by atoms with Gasteiger partial charge in [-0.2, -0.15) is 11.8 Å². The Bertz CT molecular complexity index is 456. The Labute approximate surface area is 125 Å². The van der Waals surface area contributed by atoms with Crippen LogP contribution in [0.5, 0.6) is 0 Å². The summed E-state index contributed by atoms with van der Waals surface area (Å²) in [5, 5.41) is 6.43. The minimum absolute atomic E-state index is 0.104. The van der Waals surface area contributed by atoms with Crippen molar-refractivity contribution in [2.45, 2.75) is 26.7 Å². The summed E-state index contributed by atoms with van der Waals surface area (Å²) in [4.78, 5) is 12.0. The van der Waals surface area contributed by atoms with Gasteiger partial charge in [-0.05, 0) is 68.6 Å². The monoisotopic (exact) mass is 292 g/mol. The van der Waals surface area contributed by atoms with Crippen molar-refractivity contribution < 1.29 is 4.79 Å². The van der Waals surface area contributed by atoms with Crippen molar-refractivity contribution in [3.63, 3.8) is 0 Å². The van der Waals surface area contributed by atoms with E-state index in [9.17, 15) is 4.79 Å². The maximum absolute atomic E-state index is 12.0. The Kier molecular flexibility index (Phi) is 5.92. The number of hydrogen-bond donors (Lipinski definition) is 2. The first-order valence-corrected chi connectivity index (χ1v) is 8.46. The highest BCUT2D eigenvalue weighted by Crippen LogP contribution is 2.18. The Morgan fingerprint density at radius 2 is 2.30 bits per heavy atom. The largest absolute Gasteiger partial charge is 0.325 e. The number of aryl methyl sites for hydroxylation is 2. The standard InChI is InChI=1S/C16H24N2OS/c1-12-5-6-13(2)15(8-12)18-16(19)11-20-10-14-4-3-7-17-9-14/h5-6,8,14,17H,3-4,7,9-11H2,1-2H3,(H,18,19). The van der Waals surface area contributed by atoms with Crippen LogP contribution in [0.2, 0.25) is 0 Å². The van der Waals surface area contributed by atoms with E-state index >= 15 is 0 Å². The molecule has 4 heteroatoms. The number of piperidine rings is 1. The lowest BCUT2D eigenvalue weighted by Crippen LogP contribution is -2.31. The third-order valence-corrected chi connectivity index (χ3v) is 4.83. The molecule has 0 aliphatic carbocycles. The molecule has 1 aliphatic heterocycles. The number of benzene rings is 1. The van der Waals surface area contributed by atoms with Gasteiger partial charge in [0.05, 0.1) is 5.75 Å². The molecule has 2 rings (SSSR count). The predicted octanol–water partition coefficient (Wildman–Crippen LogP) is 2.97. The molecule has 0 aromatic heterocycles. The van der Waals surface area contributed by atoms with Crippen molar-refractivity contribution in [1.29, 1.82) is 0 Å². The van der Waals surface area contributed by atoms with Gasteiger partial charge < -0.3 is 10.6 Å². The molecule has 2 N–H and O–H groups in total. The molecule has 0 bridgehead atoms. The highest BCUT2D eigenvalue weighted by Gasteiger charge is 2.13. The zero-order valence-electron chi connectivity index (χ0n) is 12.4. The number of anilines is 1. The van der Waals surface area contributed by atoms with Crippen LogP contribution in [-0.4, -0.2) is 30.5 Å². The molecule has 0 saturated carbocycles. The molecule has 1 unspecified atom stereocenters. The van der Waals surface area contributed by atoms with Crippen molar-refractivity contribution in [3.8, 4) is 0 Å². The summed E-state index contributed by atoms with van der Waals surface area (Å²) < 4.78 is 0. The van der Waals surface area contributed by atoms with Crippen LogP contribution in [0.3, 0.4) is 0 Å². The molecular weight excluding hydrogens is 268 g/mol. The Morgan fingerprint density at radius 3 is 3.05 bits per heavy atom. The average molecular weight is 292 g/mol. The lowest BCUT2D eigenvalue weighted by atomic mass is 10.0. The van der Waals surface area contributed by atoms with Crippen LogP contribution in [0.1, 0.15) is 24.0 Å². The number of thioether (sulfide) groups is 1. The minimum Gasteiger partial charge on any atom is -0.325 e. The number of rotatable bonds is 5. The van der Waals surface area contributed by atoms with E-state index in [1.807, 2.05) is 26.0 Å². The van der Waals surface area contributed by atoms with Crippen LogP contribution in [-0.2, 0) is 4.79 Å². The molecular formula is C16H24N2OS. The third-order valence-electron chi connectivity index (χ3n) is 3.65. The summed E-state index contributed by atoms with van der Waals surface area (Å²) in [5.74, 6) is 2.45. The molecule has 1 saturated heterocycles. The van der Waals surface area contributed by atoms with Gasteiger partial charge in [0.15, 0.2) is 0 Å². The van der Waals surface area contributed by atoms with Gasteiger partial charge in [-0.25, -0.2) is 0 Å². The fourth-order valence-electron chi connectivity index (χ4n) is 2.44. The second kappa shape index (κ2) is 7.70. The smallest absolute Gasteiger partial charge is 0.234 e. The number of carbonyl (C=O) groups excluding carboxylic acids is 1. The van der Waals surface area contributed by atoms with Gasteiger partial charge in [-0.1, -0.05) is 12.1 Å². The quantitative estimate of drug-likeness (QED) is 0.876. The highest BCUT2D eigenvalue weighted by atomic mass is 32.2. The second-order valence-corrected chi connectivity index (χ2v) is 6.62. The summed E-state index contributed by atoms with van der Waals surface area (Å²) in [5.41, 5.74) is 3.23. The highest BCUT2D eigenvalue weighted by molar-refractivity contribution is 7.99. The topological polar surface area (TPSA) is 41.1 Å². The van der Waals surface area contributed by atoms with Gasteiger partial charge in [0, 0.05) is 5.69 Å². The molecule has 0 radical (unpaired) electrons. The first kappa shape index (κ1) is 15.4. The van der Waals surface area contributed by atoms with Gasteiger partial charge in [-0.3, -0.25) is 4.79 Å². The first-order chi connectivity index (χ1) is 9.65. The minimum atomic E-state index is 0.104. The van der Waals surface area contributed by atoms with Crippen LogP contribution in [0, 0.1) is 19.8 Å². The number of carbonyl (C=O) groups is 1. The van der Waals surface area contributed by atoms with Gasteiger partial charge >= 0.3 is 0 Å². The van der Waals surface area contributed by atoms with E-state index in [1.54, 1.807) is 11.8 Å². The van der Waals surface area contributed by atoms with Crippen LogP contribution < -0.4 is 10.6 Å². The molecule has 1 fully saturated rings. The number of hydrogen-bond acceptors (Lipinski definition) is 3. The van der Waals surface area contributed by atoms with Gasteiger partial charge in [0.1, 0.15) is 0 Å². The van der Waals surface area contributed by atoms with E-state index < -0.39 is 0 Å². The lowest BCUT2D eigenvalue weighted by Gasteiger charge is -2.22. The molecule has 0 spiro atoms. The Balaban J connectivity index is 1.73. The van der Waals surface area contributed by atoms with E-state index in [0.717, 1.165) is 36.0 Å². The number of nitrogens with one attached hydrogen (secondary N) is 2. The maximum atomic E-state index is 12.0. The van der Waals surface area contributed by atoms with E-state index in [-0.39, 0.29) is 5.91 Å². The molecule has 20 heavy (non-hydrogen) atoms. The molecule has 1 aromatic carbocycles. The van der Waals surface area contributed by atoms with Crippen molar-refractivity contribution in [3.05, 3.63) is 29.3 Å². The SMILES string of the molecule is Cc1ccc(C)c(NC(=O)CSCC2CCCNC2)c1. The third kappa shape index (κ3) is 4.84. The van der Waals surface area contributed by atoms with Crippen LogP contribution >= 0.6 is 11.8 Å². The summed E-state index contributed by atoms with van der Waals surface area (Å²) in [6, 6.07) is 6.14. The maximum Gasteiger partial charge on any atom is 0.234 e.